The van der Waals surface area contributed by atoms with E-state index in [4.69, 9.17) is 4.74 Å². The monoisotopic (exact) mass is 299 g/mol. The summed E-state index contributed by atoms with van der Waals surface area (Å²) in [6.45, 7) is 1.78. The predicted octanol–water partition coefficient (Wildman–Crippen LogP) is 4.22. The first-order chi connectivity index (χ1) is 8.06. The molecule has 0 aliphatic rings. The van der Waals surface area contributed by atoms with Gasteiger partial charge in [0.05, 0.1) is 5.69 Å². The number of rotatable bonds is 2. The zero-order valence-electron chi connectivity index (χ0n) is 8.88. The van der Waals surface area contributed by atoms with Crippen molar-refractivity contribution < 1.29 is 13.5 Å². The van der Waals surface area contributed by atoms with Gasteiger partial charge in [-0.15, -0.1) is 0 Å². The number of hydrogen-bond donors (Lipinski definition) is 0. The molecule has 0 N–H and O–H groups in total. The van der Waals surface area contributed by atoms with Crippen LogP contribution in [-0.4, -0.2) is 4.98 Å². The molecule has 0 saturated heterocycles. The van der Waals surface area contributed by atoms with Gasteiger partial charge in [0.15, 0.2) is 11.6 Å². The Balaban J connectivity index is 2.31. The second-order valence-electron chi connectivity index (χ2n) is 3.39. The molecule has 0 unspecified atom stereocenters. The van der Waals surface area contributed by atoms with E-state index in [2.05, 4.69) is 20.9 Å². The van der Waals surface area contributed by atoms with Crippen LogP contribution >= 0.6 is 15.9 Å². The fraction of sp³-hybridized carbons (Fsp3) is 0.0833. The van der Waals surface area contributed by atoms with Gasteiger partial charge in [0.1, 0.15) is 5.82 Å². The Morgan fingerprint density at radius 2 is 1.94 bits per heavy atom. The molecule has 1 aromatic carbocycles. The minimum atomic E-state index is -0.631. The van der Waals surface area contributed by atoms with Crippen molar-refractivity contribution in [2.45, 2.75) is 6.92 Å². The topological polar surface area (TPSA) is 22.1 Å². The van der Waals surface area contributed by atoms with E-state index in [1.165, 1.54) is 0 Å². The number of hydrogen-bond acceptors (Lipinski definition) is 2. The minimum absolute atomic E-state index is 0.181. The summed E-state index contributed by atoms with van der Waals surface area (Å²) in [7, 11) is 0. The Labute approximate surface area is 105 Å². The molecule has 0 aliphatic carbocycles. The fourth-order valence-electron chi connectivity index (χ4n) is 1.25. The van der Waals surface area contributed by atoms with Gasteiger partial charge in [-0.3, -0.25) is 0 Å². The first kappa shape index (κ1) is 12.0. The van der Waals surface area contributed by atoms with Crippen molar-refractivity contribution in [1.82, 2.24) is 4.98 Å². The lowest BCUT2D eigenvalue weighted by Gasteiger charge is -2.07. The number of benzene rings is 1. The van der Waals surface area contributed by atoms with Crippen LogP contribution in [0.15, 0.2) is 34.8 Å². The van der Waals surface area contributed by atoms with E-state index in [-0.39, 0.29) is 11.6 Å². The molecule has 0 spiro atoms. The standard InChI is InChI=1S/C12H8BrF2NO/c1-7-9(13)3-5-12(16-7)17-11-6-8(14)2-4-10(11)15/h2-6H,1H3. The molecule has 5 heteroatoms. The molecule has 1 aromatic heterocycles. The molecule has 0 saturated carbocycles. The molecular formula is C12H8BrF2NO. The van der Waals surface area contributed by atoms with Gasteiger partial charge in [-0.1, -0.05) is 0 Å². The Morgan fingerprint density at radius 1 is 1.18 bits per heavy atom. The summed E-state index contributed by atoms with van der Waals surface area (Å²) in [5.41, 5.74) is 0.708. The van der Waals surface area contributed by atoms with Crippen molar-refractivity contribution >= 4 is 15.9 Å². The van der Waals surface area contributed by atoms with E-state index in [9.17, 15) is 8.78 Å². The zero-order valence-corrected chi connectivity index (χ0v) is 10.5. The third-order valence-corrected chi connectivity index (χ3v) is 2.94. The van der Waals surface area contributed by atoms with Crippen LogP contribution in [0, 0.1) is 18.6 Å². The number of nitrogens with zero attached hydrogens (tertiary/aromatic N) is 1. The van der Waals surface area contributed by atoms with E-state index < -0.39 is 11.6 Å². The number of halogens is 3. The molecule has 0 radical (unpaired) electrons. The molecule has 17 heavy (non-hydrogen) atoms. The largest absolute Gasteiger partial charge is 0.436 e. The average Bonchev–Trinajstić information content (AvgIpc) is 2.29. The van der Waals surface area contributed by atoms with Crippen molar-refractivity contribution in [1.29, 1.82) is 0 Å². The molecular weight excluding hydrogens is 292 g/mol. The van der Waals surface area contributed by atoms with Crippen molar-refractivity contribution in [3.63, 3.8) is 0 Å². The maximum Gasteiger partial charge on any atom is 0.219 e. The van der Waals surface area contributed by atoms with E-state index in [1.54, 1.807) is 19.1 Å². The van der Waals surface area contributed by atoms with Gasteiger partial charge >= 0.3 is 0 Å². The van der Waals surface area contributed by atoms with Crippen LogP contribution in [0.25, 0.3) is 0 Å². The van der Waals surface area contributed by atoms with Gasteiger partial charge in [-0.25, -0.2) is 13.8 Å². The molecule has 2 nitrogen and oxygen atoms in total. The summed E-state index contributed by atoms with van der Waals surface area (Å²) < 4.78 is 32.2. The van der Waals surface area contributed by atoms with Crippen molar-refractivity contribution in [3.05, 3.63) is 52.1 Å². The van der Waals surface area contributed by atoms with Gasteiger partial charge < -0.3 is 4.74 Å². The van der Waals surface area contributed by atoms with Gasteiger partial charge in [0.25, 0.3) is 0 Å². The SMILES string of the molecule is Cc1nc(Oc2cc(F)ccc2F)ccc1Br. The lowest BCUT2D eigenvalue weighted by Crippen LogP contribution is -1.93. The quantitative estimate of drug-likeness (QED) is 0.828. The van der Waals surface area contributed by atoms with Crippen LogP contribution in [0.2, 0.25) is 0 Å². The normalized spacial score (nSPS) is 10.4. The Morgan fingerprint density at radius 3 is 2.65 bits per heavy atom. The molecule has 0 fully saturated rings. The highest BCUT2D eigenvalue weighted by Crippen LogP contribution is 2.25. The van der Waals surface area contributed by atoms with Crippen LogP contribution < -0.4 is 4.74 Å². The van der Waals surface area contributed by atoms with Gasteiger partial charge in [-0.05, 0) is 41.1 Å². The summed E-state index contributed by atoms with van der Waals surface area (Å²) in [6, 6.07) is 6.32. The predicted molar refractivity (Wildman–Crippen MR) is 63.1 cm³/mol. The van der Waals surface area contributed by atoms with Crippen LogP contribution in [0.5, 0.6) is 11.6 Å². The molecule has 88 valence electrons. The summed E-state index contributed by atoms with van der Waals surface area (Å²) in [5, 5.41) is 0. The fourth-order valence-corrected chi connectivity index (χ4v) is 1.47. The molecule has 0 amide bonds. The maximum absolute atomic E-state index is 13.3. The first-order valence-corrected chi connectivity index (χ1v) is 5.61. The van der Waals surface area contributed by atoms with E-state index in [0.717, 1.165) is 22.7 Å². The van der Waals surface area contributed by atoms with Crippen molar-refractivity contribution in [2.24, 2.45) is 0 Å². The zero-order chi connectivity index (χ0) is 12.4. The summed E-state index contributed by atoms with van der Waals surface area (Å²) >= 11 is 3.29. The van der Waals surface area contributed by atoms with Crippen molar-refractivity contribution in [3.8, 4) is 11.6 Å². The van der Waals surface area contributed by atoms with Crippen LogP contribution in [0.3, 0.4) is 0 Å². The first-order valence-electron chi connectivity index (χ1n) is 4.82. The van der Waals surface area contributed by atoms with E-state index in [1.807, 2.05) is 0 Å². The van der Waals surface area contributed by atoms with Gasteiger partial charge in [0, 0.05) is 16.6 Å². The molecule has 0 aliphatic heterocycles. The number of pyridine rings is 1. The third-order valence-electron chi connectivity index (χ3n) is 2.10. The third kappa shape index (κ3) is 2.79. The van der Waals surface area contributed by atoms with Crippen molar-refractivity contribution in [2.75, 3.05) is 0 Å². The second-order valence-corrected chi connectivity index (χ2v) is 4.25. The number of ether oxygens (including phenoxy) is 1. The van der Waals surface area contributed by atoms with Crippen LogP contribution in [-0.2, 0) is 0 Å². The average molecular weight is 300 g/mol. The Bertz CT molecular complexity index is 560. The van der Waals surface area contributed by atoms with E-state index in [0.29, 0.717) is 5.69 Å². The lowest BCUT2D eigenvalue weighted by atomic mass is 10.3. The minimum Gasteiger partial charge on any atom is -0.436 e. The van der Waals surface area contributed by atoms with Gasteiger partial charge in [-0.2, -0.15) is 0 Å². The summed E-state index contributed by atoms with van der Waals surface area (Å²) in [4.78, 5) is 4.08. The molecule has 0 atom stereocenters. The number of aromatic nitrogens is 1. The molecule has 0 bridgehead atoms. The highest BCUT2D eigenvalue weighted by molar-refractivity contribution is 9.10. The van der Waals surface area contributed by atoms with E-state index >= 15 is 0 Å². The summed E-state index contributed by atoms with van der Waals surface area (Å²) in [5.74, 6) is -1.15. The highest BCUT2D eigenvalue weighted by Gasteiger charge is 2.08. The van der Waals surface area contributed by atoms with Crippen LogP contribution in [0.1, 0.15) is 5.69 Å². The Hall–Kier alpha value is -1.49. The van der Waals surface area contributed by atoms with Gasteiger partial charge in [0.2, 0.25) is 5.88 Å². The second kappa shape index (κ2) is 4.79. The Kier molecular flexibility index (Phi) is 3.38. The summed E-state index contributed by atoms with van der Waals surface area (Å²) in [6.07, 6.45) is 0. The smallest absolute Gasteiger partial charge is 0.219 e. The highest BCUT2D eigenvalue weighted by atomic mass is 79.9. The molecule has 1 heterocycles. The number of aryl methyl sites for hydroxylation is 1. The maximum atomic E-state index is 13.3. The molecule has 2 aromatic rings. The van der Waals surface area contributed by atoms with Crippen LogP contribution in [0.4, 0.5) is 8.78 Å². The lowest BCUT2D eigenvalue weighted by molar-refractivity contribution is 0.421. The molecule has 2 rings (SSSR count).